The van der Waals surface area contributed by atoms with Crippen LogP contribution in [0.15, 0.2) is 76.8 Å². The van der Waals surface area contributed by atoms with Crippen LogP contribution >= 0.6 is 11.6 Å². The van der Waals surface area contributed by atoms with Gasteiger partial charge in [-0.1, -0.05) is 41.0 Å². The van der Waals surface area contributed by atoms with Gasteiger partial charge in [0.05, 0.1) is 43.0 Å². The summed E-state index contributed by atoms with van der Waals surface area (Å²) < 4.78 is 39.3. The summed E-state index contributed by atoms with van der Waals surface area (Å²) in [5.74, 6) is 0.122. The predicted octanol–water partition coefficient (Wildman–Crippen LogP) is 4.98. The van der Waals surface area contributed by atoms with Gasteiger partial charge in [0.1, 0.15) is 18.9 Å². The summed E-state index contributed by atoms with van der Waals surface area (Å²) in [5.41, 5.74) is 2.49. The van der Waals surface area contributed by atoms with Crippen molar-refractivity contribution in [2.75, 3.05) is 38.5 Å². The Bertz CT molecular complexity index is 1360. The molecule has 3 aromatic rings. The largest absolute Gasteiger partial charge is 0.855 e. The second-order valence-electron chi connectivity index (χ2n) is 9.02. The number of para-hydroxylation sites is 1. The van der Waals surface area contributed by atoms with E-state index in [0.717, 1.165) is 40.6 Å². The number of fused-ring (bicyclic) bond motifs is 2. The number of anilines is 2. The van der Waals surface area contributed by atoms with Crippen LogP contribution in [0.2, 0.25) is 5.02 Å². The zero-order valence-corrected chi connectivity index (χ0v) is 20.1. The molecule has 0 saturated carbocycles. The molecule has 5 rings (SSSR count). The maximum absolute atomic E-state index is 13.1. The van der Waals surface area contributed by atoms with E-state index in [1.807, 2.05) is 49.5 Å². The predicted molar refractivity (Wildman–Crippen MR) is 133 cm³/mol. The molecule has 1 fully saturated rings. The summed E-state index contributed by atoms with van der Waals surface area (Å²) in [6.07, 6.45) is -4.52. The average molecular weight is 514 g/mol. The van der Waals surface area contributed by atoms with E-state index in [-0.39, 0.29) is 10.2 Å². The quantitative estimate of drug-likeness (QED) is 0.299. The molecule has 0 amide bonds. The third-order valence-electron chi connectivity index (χ3n) is 6.40. The maximum atomic E-state index is 13.1. The third kappa shape index (κ3) is 4.89. The zero-order chi connectivity index (χ0) is 25.5. The number of benzene rings is 3. The van der Waals surface area contributed by atoms with Gasteiger partial charge in [0.25, 0.3) is 0 Å². The van der Waals surface area contributed by atoms with Crippen LogP contribution in [0, 0.1) is 0 Å². The number of alkyl halides is 3. The second-order valence-corrected chi connectivity index (χ2v) is 9.46. The van der Waals surface area contributed by atoms with Crippen LogP contribution in [-0.2, 0) is 6.18 Å². The maximum Gasteiger partial charge on any atom is 0.416 e. The van der Waals surface area contributed by atoms with Gasteiger partial charge in [0.2, 0.25) is 0 Å². The third-order valence-corrected chi connectivity index (χ3v) is 6.63. The van der Waals surface area contributed by atoms with Crippen molar-refractivity contribution < 1.29 is 22.9 Å². The number of piperazine rings is 1. The molecule has 6 nitrogen and oxygen atoms in total. The number of hydrogen-bond donors (Lipinski definition) is 1. The van der Waals surface area contributed by atoms with Gasteiger partial charge in [-0.15, -0.1) is 0 Å². The summed E-state index contributed by atoms with van der Waals surface area (Å²) in [5, 5.41) is 21.0. The first-order valence-electron chi connectivity index (χ1n) is 11.4. The van der Waals surface area contributed by atoms with Crippen molar-refractivity contribution in [3.05, 3.63) is 88.4 Å². The number of amidine groups is 1. The van der Waals surface area contributed by atoms with Crippen molar-refractivity contribution >= 4 is 40.4 Å². The molecule has 1 N–H and O–H groups in total. The van der Waals surface area contributed by atoms with Gasteiger partial charge in [0.15, 0.2) is 0 Å². The smallest absolute Gasteiger partial charge is 0.416 e. The Hall–Kier alpha value is -3.56. The van der Waals surface area contributed by atoms with Crippen LogP contribution in [0.4, 0.5) is 30.2 Å². The molecule has 36 heavy (non-hydrogen) atoms. The Morgan fingerprint density at radius 1 is 1.03 bits per heavy atom. The van der Waals surface area contributed by atoms with Crippen LogP contribution in [0.5, 0.6) is 0 Å². The minimum atomic E-state index is -4.52. The molecule has 0 atom stereocenters. The van der Waals surface area contributed by atoms with Crippen LogP contribution < -0.4 is 10.4 Å². The number of nitrogens with one attached hydrogen (secondary N) is 1. The fourth-order valence-corrected chi connectivity index (χ4v) is 4.53. The van der Waals surface area contributed by atoms with Gasteiger partial charge in [-0.3, -0.25) is 0 Å². The molecule has 0 spiro atoms. The molecule has 0 aromatic heterocycles. The highest BCUT2D eigenvalue weighted by molar-refractivity contribution is 6.31. The Morgan fingerprint density at radius 3 is 2.53 bits per heavy atom. The van der Waals surface area contributed by atoms with Gasteiger partial charge in [-0.05, 0) is 48.0 Å². The van der Waals surface area contributed by atoms with E-state index in [4.69, 9.17) is 16.6 Å². The van der Waals surface area contributed by atoms with Gasteiger partial charge in [-0.2, -0.15) is 17.8 Å². The van der Waals surface area contributed by atoms with Crippen molar-refractivity contribution in [3.8, 4) is 0 Å². The zero-order valence-electron chi connectivity index (χ0n) is 19.4. The molecular formula is C26H23ClF3N5O. The number of aliphatic imine (C=N–C) groups is 1. The van der Waals surface area contributed by atoms with Crippen LogP contribution in [0.3, 0.4) is 0 Å². The minimum absolute atomic E-state index is 0.0706. The topological polar surface area (TPSA) is 63.1 Å². The number of halogens is 4. The highest BCUT2D eigenvalue weighted by Crippen LogP contribution is 2.37. The number of rotatable bonds is 2. The monoisotopic (exact) mass is 513 g/mol. The van der Waals surface area contributed by atoms with Gasteiger partial charge >= 0.3 is 6.18 Å². The van der Waals surface area contributed by atoms with E-state index < -0.39 is 17.6 Å². The van der Waals surface area contributed by atoms with E-state index >= 15 is 0 Å². The molecule has 0 aliphatic carbocycles. The molecule has 2 heterocycles. The first-order valence-corrected chi connectivity index (χ1v) is 11.8. The summed E-state index contributed by atoms with van der Waals surface area (Å²) in [4.78, 5) is 7.08. The Kier molecular flexibility index (Phi) is 6.13. The fourth-order valence-electron chi connectivity index (χ4n) is 4.36. The van der Waals surface area contributed by atoms with E-state index in [9.17, 15) is 18.3 Å². The van der Waals surface area contributed by atoms with E-state index in [1.54, 1.807) is 0 Å². The molecule has 0 radical (unpaired) electrons. The highest BCUT2D eigenvalue weighted by atomic mass is 35.5. The normalized spacial score (nSPS) is 17.4. The Morgan fingerprint density at radius 2 is 1.78 bits per heavy atom. The molecule has 0 bridgehead atoms. The van der Waals surface area contributed by atoms with E-state index in [1.165, 1.54) is 12.1 Å². The van der Waals surface area contributed by atoms with Crippen molar-refractivity contribution in [3.63, 3.8) is 0 Å². The summed E-state index contributed by atoms with van der Waals surface area (Å²) in [6, 6.07) is 17.8. The van der Waals surface area contributed by atoms with Crippen molar-refractivity contribution in [1.82, 2.24) is 4.90 Å². The van der Waals surface area contributed by atoms with Gasteiger partial charge in [0, 0.05) is 16.3 Å². The van der Waals surface area contributed by atoms with Crippen molar-refractivity contribution in [1.29, 1.82) is 0 Å². The standard InChI is InChI=1S/C26H23ClF3N5O/c1-35(33-25(36)17-5-4-6-18(15-17)26(28,29)30)13-11-34(12-14-35)24-20-7-2-3-8-21(20)31-22-10-9-19(27)16-23(22)32-24/h2-10,15-16H,11-14H2,1H3,(H-,31,32,33,36). The molecule has 2 aliphatic rings. The van der Waals surface area contributed by atoms with Gasteiger partial charge in [-0.25, -0.2) is 4.99 Å². The molecule has 0 unspecified atom stereocenters. The molecular weight excluding hydrogens is 491 g/mol. The lowest BCUT2D eigenvalue weighted by molar-refractivity contribution is -0.920. The lowest BCUT2D eigenvalue weighted by atomic mass is 10.1. The van der Waals surface area contributed by atoms with Crippen LogP contribution in [-0.4, -0.2) is 54.5 Å². The SMILES string of the molecule is C[N+]1(/N=C(\[O-])c2cccc(C(F)(F)F)c2)CCN(C2=Nc3cc(Cl)ccc3Nc3ccccc32)CC1. The van der Waals surface area contributed by atoms with Crippen LogP contribution in [0.1, 0.15) is 16.7 Å². The number of nitrogens with zero attached hydrogens (tertiary/aromatic N) is 4. The van der Waals surface area contributed by atoms with Gasteiger partial charge < -0.3 is 15.3 Å². The summed E-state index contributed by atoms with van der Waals surface area (Å²) >= 11 is 6.23. The highest BCUT2D eigenvalue weighted by Gasteiger charge is 2.33. The first kappa shape index (κ1) is 24.1. The average Bonchev–Trinajstić information content (AvgIpc) is 3.00. The van der Waals surface area contributed by atoms with Crippen molar-refractivity contribution in [2.45, 2.75) is 6.18 Å². The molecule has 3 aromatic carbocycles. The molecule has 10 heteroatoms. The molecule has 1 saturated heterocycles. The number of quaternary nitrogens is 1. The number of hydrogen-bond acceptors (Lipinski definition) is 5. The number of likely N-dealkylation sites (N-methyl/N-ethyl adjacent to an activating group) is 1. The molecule has 186 valence electrons. The summed E-state index contributed by atoms with van der Waals surface area (Å²) in [6.45, 7) is 2.08. The second kappa shape index (κ2) is 9.15. The van der Waals surface area contributed by atoms with Crippen molar-refractivity contribution in [2.24, 2.45) is 10.1 Å². The first-order chi connectivity index (χ1) is 17.1. The minimum Gasteiger partial charge on any atom is -0.855 e. The van der Waals surface area contributed by atoms with E-state index in [2.05, 4.69) is 15.3 Å². The summed E-state index contributed by atoms with van der Waals surface area (Å²) in [7, 11) is 1.81. The lowest BCUT2D eigenvalue weighted by Crippen LogP contribution is -2.56. The fraction of sp³-hybridized carbons (Fsp3) is 0.231. The van der Waals surface area contributed by atoms with E-state index in [0.29, 0.717) is 31.2 Å². The Labute approximate surface area is 211 Å². The van der Waals surface area contributed by atoms with Crippen LogP contribution in [0.25, 0.3) is 0 Å². The Balaban J connectivity index is 1.40. The molecule has 2 aliphatic heterocycles. The lowest BCUT2D eigenvalue weighted by Gasteiger charge is -2.39.